The third-order valence-electron chi connectivity index (χ3n) is 5.10. The molecule has 1 fully saturated rings. The first kappa shape index (κ1) is 19.2. The summed E-state index contributed by atoms with van der Waals surface area (Å²) in [5.41, 5.74) is 0.347. The minimum Gasteiger partial charge on any atom is -0.445 e. The largest absolute Gasteiger partial charge is 0.445 e. The van der Waals surface area contributed by atoms with Gasteiger partial charge in [0.2, 0.25) is 0 Å². The minimum absolute atomic E-state index is 0.145. The molecule has 0 spiro atoms. The number of hydrogen-bond donors (Lipinski definition) is 0. The van der Waals surface area contributed by atoms with Crippen LogP contribution >= 0.6 is 11.6 Å². The Morgan fingerprint density at radius 1 is 1.19 bits per heavy atom. The van der Waals surface area contributed by atoms with Crippen molar-refractivity contribution in [3.63, 3.8) is 0 Å². The van der Waals surface area contributed by atoms with Crippen molar-refractivity contribution < 1.29 is 14.3 Å². The van der Waals surface area contributed by atoms with E-state index in [4.69, 9.17) is 16.3 Å². The highest BCUT2D eigenvalue weighted by atomic mass is 35.5. The highest BCUT2D eigenvalue weighted by Gasteiger charge is 2.51. The molecule has 1 unspecified atom stereocenters. The lowest BCUT2D eigenvalue weighted by Gasteiger charge is -2.45. The SMILES string of the molecule is CN1CCCC(c2ccccc2Cl)(N(C)C(=O)OCc2ccccc2)C1=O. The lowest BCUT2D eigenvalue weighted by Crippen LogP contribution is -2.60. The van der Waals surface area contributed by atoms with Crippen molar-refractivity contribution in [3.05, 3.63) is 70.7 Å². The highest BCUT2D eigenvalue weighted by molar-refractivity contribution is 6.31. The fourth-order valence-electron chi connectivity index (χ4n) is 3.61. The quantitative estimate of drug-likeness (QED) is 0.796. The van der Waals surface area contributed by atoms with Crippen molar-refractivity contribution in [1.82, 2.24) is 9.80 Å². The van der Waals surface area contributed by atoms with Gasteiger partial charge in [-0.25, -0.2) is 4.79 Å². The summed E-state index contributed by atoms with van der Waals surface area (Å²) < 4.78 is 5.49. The fraction of sp³-hybridized carbons (Fsp3) is 0.333. The summed E-state index contributed by atoms with van der Waals surface area (Å²) in [6.07, 6.45) is 0.711. The molecule has 0 bridgehead atoms. The van der Waals surface area contributed by atoms with E-state index >= 15 is 0 Å². The molecule has 1 aliphatic heterocycles. The van der Waals surface area contributed by atoms with Gasteiger partial charge in [0.25, 0.3) is 5.91 Å². The normalized spacial score (nSPS) is 19.7. The Hall–Kier alpha value is -2.53. The van der Waals surface area contributed by atoms with Crippen LogP contribution in [0.4, 0.5) is 4.79 Å². The van der Waals surface area contributed by atoms with Crippen LogP contribution in [0.25, 0.3) is 0 Å². The number of amides is 2. The van der Waals surface area contributed by atoms with E-state index in [0.717, 1.165) is 12.0 Å². The van der Waals surface area contributed by atoms with Crippen molar-refractivity contribution >= 4 is 23.6 Å². The van der Waals surface area contributed by atoms with Gasteiger partial charge in [-0.1, -0.05) is 60.1 Å². The van der Waals surface area contributed by atoms with Gasteiger partial charge in [-0.05, 0) is 24.5 Å². The molecule has 1 aliphatic rings. The van der Waals surface area contributed by atoms with Crippen LogP contribution in [-0.2, 0) is 21.7 Å². The third kappa shape index (κ3) is 3.65. The summed E-state index contributed by atoms with van der Waals surface area (Å²) in [4.78, 5) is 29.1. The van der Waals surface area contributed by atoms with E-state index in [9.17, 15) is 9.59 Å². The maximum atomic E-state index is 13.2. The van der Waals surface area contributed by atoms with E-state index in [1.165, 1.54) is 4.90 Å². The molecule has 2 aromatic carbocycles. The first-order valence-corrected chi connectivity index (χ1v) is 9.29. The molecule has 0 saturated carbocycles. The molecule has 1 atom stereocenters. The van der Waals surface area contributed by atoms with Crippen LogP contribution in [0.2, 0.25) is 5.02 Å². The maximum Gasteiger partial charge on any atom is 0.411 e. The number of carbonyl (C=O) groups excluding carboxylic acids is 2. The van der Waals surface area contributed by atoms with Crippen molar-refractivity contribution in [3.8, 4) is 0 Å². The number of likely N-dealkylation sites (N-methyl/N-ethyl adjacent to an activating group) is 2. The number of ether oxygens (including phenoxy) is 1. The summed E-state index contributed by atoms with van der Waals surface area (Å²) in [5.74, 6) is -0.152. The summed E-state index contributed by atoms with van der Waals surface area (Å²) in [5, 5.41) is 0.462. The Balaban J connectivity index is 1.92. The number of halogens is 1. The first-order valence-electron chi connectivity index (χ1n) is 8.92. The lowest BCUT2D eigenvalue weighted by molar-refractivity contribution is -0.146. The van der Waals surface area contributed by atoms with Gasteiger partial charge in [-0.3, -0.25) is 9.69 Å². The molecule has 0 aliphatic carbocycles. The van der Waals surface area contributed by atoms with Crippen LogP contribution in [0.5, 0.6) is 0 Å². The molecule has 142 valence electrons. The molecule has 6 heteroatoms. The number of benzene rings is 2. The molecule has 2 aromatic rings. The topological polar surface area (TPSA) is 49.9 Å². The van der Waals surface area contributed by atoms with Gasteiger partial charge in [-0.2, -0.15) is 0 Å². The van der Waals surface area contributed by atoms with Gasteiger partial charge in [0.05, 0.1) is 0 Å². The van der Waals surface area contributed by atoms with Crippen molar-refractivity contribution in [1.29, 1.82) is 0 Å². The Labute approximate surface area is 164 Å². The Bertz CT molecular complexity index is 827. The molecular formula is C21H23ClN2O3. The van der Waals surface area contributed by atoms with Gasteiger partial charge in [0.1, 0.15) is 6.61 Å². The zero-order valence-electron chi connectivity index (χ0n) is 15.5. The second kappa shape index (κ2) is 8.01. The van der Waals surface area contributed by atoms with E-state index in [2.05, 4.69) is 0 Å². The van der Waals surface area contributed by atoms with Crippen LogP contribution in [0.1, 0.15) is 24.0 Å². The lowest BCUT2D eigenvalue weighted by atomic mass is 9.80. The molecule has 3 rings (SSSR count). The van der Waals surface area contributed by atoms with Crippen molar-refractivity contribution in [2.45, 2.75) is 25.0 Å². The molecule has 5 nitrogen and oxygen atoms in total. The van der Waals surface area contributed by atoms with Gasteiger partial charge < -0.3 is 9.64 Å². The predicted octanol–water partition coefficient (Wildman–Crippen LogP) is 4.06. The average Bonchev–Trinajstić information content (AvgIpc) is 2.69. The van der Waals surface area contributed by atoms with Gasteiger partial charge in [0, 0.05) is 31.2 Å². The summed E-state index contributed by atoms with van der Waals surface area (Å²) in [6.45, 7) is 0.796. The predicted molar refractivity (Wildman–Crippen MR) is 104 cm³/mol. The maximum absolute atomic E-state index is 13.2. The summed E-state index contributed by atoms with van der Waals surface area (Å²) >= 11 is 6.43. The number of rotatable bonds is 4. The van der Waals surface area contributed by atoms with Crippen LogP contribution in [0, 0.1) is 0 Å². The Morgan fingerprint density at radius 3 is 2.56 bits per heavy atom. The first-order chi connectivity index (χ1) is 13.0. The Morgan fingerprint density at radius 2 is 1.85 bits per heavy atom. The summed E-state index contributed by atoms with van der Waals surface area (Å²) in [7, 11) is 3.35. The zero-order valence-corrected chi connectivity index (χ0v) is 16.3. The number of carbonyl (C=O) groups is 2. The molecule has 27 heavy (non-hydrogen) atoms. The van der Waals surface area contributed by atoms with Gasteiger partial charge in [0.15, 0.2) is 5.54 Å². The molecular weight excluding hydrogens is 364 g/mol. The number of nitrogens with zero attached hydrogens (tertiary/aromatic N) is 2. The van der Waals surface area contributed by atoms with Gasteiger partial charge in [-0.15, -0.1) is 0 Å². The zero-order chi connectivity index (χ0) is 19.4. The number of likely N-dealkylation sites (tertiary alicyclic amines) is 1. The highest BCUT2D eigenvalue weighted by Crippen LogP contribution is 2.41. The molecule has 0 radical (unpaired) electrons. The fourth-order valence-corrected chi connectivity index (χ4v) is 3.90. The average molecular weight is 387 g/mol. The standard InChI is InChI=1S/C21H23ClN2O3/c1-23-14-8-13-21(19(23)25,17-11-6-7-12-18(17)22)24(2)20(26)27-15-16-9-4-3-5-10-16/h3-7,9-12H,8,13-15H2,1-2H3. The van der Waals surface area contributed by atoms with Crippen molar-refractivity contribution in [2.24, 2.45) is 0 Å². The van der Waals surface area contributed by atoms with Crippen LogP contribution in [0.3, 0.4) is 0 Å². The van der Waals surface area contributed by atoms with Crippen LogP contribution in [0.15, 0.2) is 54.6 Å². The van der Waals surface area contributed by atoms with E-state index in [1.54, 1.807) is 31.1 Å². The van der Waals surface area contributed by atoms with Gasteiger partial charge >= 0.3 is 6.09 Å². The molecule has 2 amide bonds. The summed E-state index contributed by atoms with van der Waals surface area (Å²) in [6, 6.07) is 16.6. The number of hydrogen-bond acceptors (Lipinski definition) is 3. The van der Waals surface area contributed by atoms with Crippen LogP contribution in [-0.4, -0.2) is 42.4 Å². The molecule has 1 saturated heterocycles. The Kier molecular flexibility index (Phi) is 5.71. The second-order valence-electron chi connectivity index (χ2n) is 6.77. The number of piperidine rings is 1. The van der Waals surface area contributed by atoms with E-state index < -0.39 is 11.6 Å². The van der Waals surface area contributed by atoms with E-state index in [1.807, 2.05) is 42.5 Å². The molecule has 1 heterocycles. The molecule has 0 aromatic heterocycles. The van der Waals surface area contributed by atoms with Crippen molar-refractivity contribution in [2.75, 3.05) is 20.6 Å². The second-order valence-corrected chi connectivity index (χ2v) is 7.18. The minimum atomic E-state index is -1.17. The van der Waals surface area contributed by atoms with E-state index in [0.29, 0.717) is 23.6 Å². The van der Waals surface area contributed by atoms with E-state index in [-0.39, 0.29) is 12.5 Å². The van der Waals surface area contributed by atoms with Crippen LogP contribution < -0.4 is 0 Å². The monoisotopic (exact) mass is 386 g/mol. The smallest absolute Gasteiger partial charge is 0.411 e. The third-order valence-corrected chi connectivity index (χ3v) is 5.43. The molecule has 0 N–H and O–H groups in total.